The van der Waals surface area contributed by atoms with E-state index in [4.69, 9.17) is 0 Å². The predicted molar refractivity (Wildman–Crippen MR) is 137 cm³/mol. The lowest BCUT2D eigenvalue weighted by Crippen LogP contribution is -2.41. The molecule has 0 aliphatic rings. The second-order valence-corrected chi connectivity index (χ2v) is 9.84. The van der Waals surface area contributed by atoms with Crippen LogP contribution in [0, 0.1) is 12.2 Å². The highest BCUT2D eigenvalue weighted by atomic mass is 16.5. The number of rotatable bonds is 24. The number of amides is 1. The average Bonchev–Trinajstić information content (AvgIpc) is 2.78. The maximum atomic E-state index is 12.0. The van der Waals surface area contributed by atoms with Gasteiger partial charge in [0.15, 0.2) is 0 Å². The van der Waals surface area contributed by atoms with Crippen molar-refractivity contribution in [1.29, 1.82) is 0 Å². The van der Waals surface area contributed by atoms with Gasteiger partial charge in [-0.25, -0.2) is 0 Å². The third-order valence-electron chi connectivity index (χ3n) is 6.80. The Morgan fingerprint density at radius 3 is 1.28 bits per heavy atom. The van der Waals surface area contributed by atoms with Crippen molar-refractivity contribution in [3.05, 3.63) is 6.29 Å². The molecule has 1 radical (unpaired) electrons. The lowest BCUT2D eigenvalue weighted by Gasteiger charge is -2.24. The number of carbonyl (C=O) groups is 1. The molecule has 3 N–H and O–H groups in total. The molecule has 32 heavy (non-hydrogen) atoms. The van der Waals surface area contributed by atoms with Crippen molar-refractivity contribution in [3.8, 4) is 0 Å². The van der Waals surface area contributed by atoms with Gasteiger partial charge in [0, 0.05) is 18.4 Å². The van der Waals surface area contributed by atoms with Crippen LogP contribution in [-0.4, -0.2) is 22.2 Å². The monoisotopic (exact) mass is 454 g/mol. The molecule has 0 aliphatic heterocycles. The van der Waals surface area contributed by atoms with Gasteiger partial charge in [-0.1, -0.05) is 136 Å². The number of aliphatic hydroxyl groups excluding tert-OH is 1. The summed E-state index contributed by atoms with van der Waals surface area (Å²) in [5.74, 6) is -0.397. The lowest BCUT2D eigenvalue weighted by molar-refractivity contribution is -0.122. The Kier molecular flexibility index (Phi) is 23.1. The molecule has 0 rings (SSSR count). The van der Waals surface area contributed by atoms with E-state index in [1.807, 2.05) is 6.92 Å². The number of hydrogen-bond acceptors (Lipinski definition) is 3. The SMILES string of the molecule is CCCCCCCCCCCCCCCCCCCCCC(=O)NC(CC)C(C)[C](O)O. The fraction of sp³-hybridized carbons (Fsp3) is 0.929. The van der Waals surface area contributed by atoms with Crippen LogP contribution < -0.4 is 5.32 Å². The van der Waals surface area contributed by atoms with Crippen LogP contribution in [0.1, 0.15) is 156 Å². The van der Waals surface area contributed by atoms with Crippen LogP contribution in [0.2, 0.25) is 0 Å². The van der Waals surface area contributed by atoms with Crippen LogP contribution in [0.5, 0.6) is 0 Å². The van der Waals surface area contributed by atoms with Gasteiger partial charge in [-0.15, -0.1) is 0 Å². The highest BCUT2D eigenvalue weighted by Crippen LogP contribution is 2.16. The zero-order valence-corrected chi connectivity index (χ0v) is 21.8. The van der Waals surface area contributed by atoms with Gasteiger partial charge >= 0.3 is 0 Å². The fourth-order valence-electron chi connectivity index (χ4n) is 4.40. The molecule has 1 amide bonds. The topological polar surface area (TPSA) is 69.6 Å². The molecule has 0 heterocycles. The Labute approximate surface area is 200 Å². The van der Waals surface area contributed by atoms with Gasteiger partial charge < -0.3 is 15.5 Å². The molecule has 0 fully saturated rings. The van der Waals surface area contributed by atoms with Gasteiger partial charge in [-0.05, 0) is 12.8 Å². The van der Waals surface area contributed by atoms with Gasteiger partial charge in [-0.3, -0.25) is 4.79 Å². The van der Waals surface area contributed by atoms with Crippen LogP contribution in [0.15, 0.2) is 0 Å². The quantitative estimate of drug-likeness (QED) is 0.128. The Hall–Kier alpha value is -0.610. The molecule has 0 aromatic carbocycles. The number of carbonyl (C=O) groups excluding carboxylic acids is 1. The minimum atomic E-state index is -0.597. The van der Waals surface area contributed by atoms with Crippen molar-refractivity contribution in [1.82, 2.24) is 5.32 Å². The number of aliphatic hydroxyl groups is 2. The van der Waals surface area contributed by atoms with Crippen LogP contribution in [0.4, 0.5) is 0 Å². The molecule has 2 unspecified atom stereocenters. The molecule has 0 aromatic heterocycles. The van der Waals surface area contributed by atoms with Crippen molar-refractivity contribution < 1.29 is 15.0 Å². The number of hydrogen-bond donors (Lipinski definition) is 3. The standard InChI is InChI=1S/C28H56NO3/c1-4-6-7-8-9-10-11-12-13-14-15-16-17-18-19-20-21-22-23-24-27(30)29-26(5-2)25(3)28(31)32/h25-26,31-32H,4-24H2,1-3H3,(H,29,30). The summed E-state index contributed by atoms with van der Waals surface area (Å²) in [6.07, 6.45) is 26.3. The summed E-state index contributed by atoms with van der Waals surface area (Å²) < 4.78 is 0. The predicted octanol–water partition coefficient (Wildman–Crippen LogP) is 8.57. The third-order valence-corrected chi connectivity index (χ3v) is 6.80. The summed E-state index contributed by atoms with van der Waals surface area (Å²) in [5.41, 5.74) is 0. The molecule has 0 aliphatic carbocycles. The fourth-order valence-corrected chi connectivity index (χ4v) is 4.40. The van der Waals surface area contributed by atoms with E-state index in [2.05, 4.69) is 12.2 Å². The lowest BCUT2D eigenvalue weighted by atomic mass is 9.98. The summed E-state index contributed by atoms with van der Waals surface area (Å²) >= 11 is 0. The summed E-state index contributed by atoms with van der Waals surface area (Å²) in [6, 6.07) is -0.201. The van der Waals surface area contributed by atoms with E-state index in [0.29, 0.717) is 12.8 Å². The van der Waals surface area contributed by atoms with E-state index in [0.717, 1.165) is 12.8 Å². The van der Waals surface area contributed by atoms with Crippen LogP contribution in [0.25, 0.3) is 0 Å². The molecule has 0 spiro atoms. The Balaban J connectivity index is 3.32. The van der Waals surface area contributed by atoms with E-state index in [9.17, 15) is 15.0 Å². The van der Waals surface area contributed by atoms with Gasteiger partial charge in [0.1, 0.15) is 0 Å². The van der Waals surface area contributed by atoms with Crippen LogP contribution in [-0.2, 0) is 4.79 Å². The Morgan fingerprint density at radius 2 is 0.969 bits per heavy atom. The molecule has 0 bridgehead atoms. The number of nitrogens with one attached hydrogen (secondary N) is 1. The maximum Gasteiger partial charge on any atom is 0.223 e. The first-order valence-electron chi connectivity index (χ1n) is 14.1. The molecule has 0 aromatic rings. The normalized spacial score (nSPS) is 13.4. The molecule has 0 saturated carbocycles. The summed E-state index contributed by atoms with van der Waals surface area (Å²) in [4.78, 5) is 12.0. The highest BCUT2D eigenvalue weighted by Gasteiger charge is 2.23. The van der Waals surface area contributed by atoms with Gasteiger partial charge in [0.05, 0.1) is 0 Å². The van der Waals surface area contributed by atoms with Crippen molar-refractivity contribution in [2.75, 3.05) is 0 Å². The van der Waals surface area contributed by atoms with Gasteiger partial charge in [-0.2, -0.15) is 0 Å². The second-order valence-electron chi connectivity index (χ2n) is 9.84. The molecule has 191 valence electrons. The molecule has 2 atom stereocenters. The maximum absolute atomic E-state index is 12.0. The molecule has 0 saturated heterocycles. The van der Waals surface area contributed by atoms with Crippen LogP contribution in [0.3, 0.4) is 0 Å². The minimum absolute atomic E-state index is 0.0249. The van der Waals surface area contributed by atoms with E-state index in [-0.39, 0.29) is 11.9 Å². The highest BCUT2D eigenvalue weighted by molar-refractivity contribution is 5.76. The van der Waals surface area contributed by atoms with E-state index < -0.39 is 12.2 Å². The van der Waals surface area contributed by atoms with Crippen molar-refractivity contribution in [3.63, 3.8) is 0 Å². The zero-order valence-electron chi connectivity index (χ0n) is 21.8. The van der Waals surface area contributed by atoms with Gasteiger partial charge in [0.2, 0.25) is 12.2 Å². The first-order chi connectivity index (χ1) is 15.5. The van der Waals surface area contributed by atoms with Crippen LogP contribution >= 0.6 is 0 Å². The van der Waals surface area contributed by atoms with Crippen molar-refractivity contribution in [2.24, 2.45) is 5.92 Å². The molecule has 4 nitrogen and oxygen atoms in total. The van der Waals surface area contributed by atoms with E-state index in [1.165, 1.54) is 109 Å². The Bertz CT molecular complexity index is 400. The molecule has 4 heteroatoms. The first kappa shape index (κ1) is 31.4. The smallest absolute Gasteiger partial charge is 0.223 e. The zero-order chi connectivity index (χ0) is 23.9. The minimum Gasteiger partial charge on any atom is -0.361 e. The Morgan fingerprint density at radius 1 is 0.625 bits per heavy atom. The second kappa shape index (κ2) is 23.5. The van der Waals surface area contributed by atoms with Crippen molar-refractivity contribution in [2.45, 2.75) is 162 Å². The van der Waals surface area contributed by atoms with Gasteiger partial charge in [0.25, 0.3) is 0 Å². The summed E-state index contributed by atoms with van der Waals surface area (Å²) in [7, 11) is 0. The first-order valence-corrected chi connectivity index (χ1v) is 14.1. The number of unbranched alkanes of at least 4 members (excludes halogenated alkanes) is 18. The summed E-state index contributed by atoms with van der Waals surface area (Å²) in [5, 5.41) is 21.3. The van der Waals surface area contributed by atoms with Crippen molar-refractivity contribution >= 4 is 5.91 Å². The third kappa shape index (κ3) is 20.0. The molecular weight excluding hydrogens is 398 g/mol. The van der Waals surface area contributed by atoms with E-state index in [1.54, 1.807) is 6.92 Å². The van der Waals surface area contributed by atoms with E-state index >= 15 is 0 Å². The summed E-state index contributed by atoms with van der Waals surface area (Å²) in [6.45, 7) is 5.95. The largest absolute Gasteiger partial charge is 0.361 e. The average molecular weight is 455 g/mol. The molecular formula is C28H56NO3.